The normalized spacial score (nSPS) is 12.2. The molecular weight excluding hydrogens is 348 g/mol. The van der Waals surface area contributed by atoms with Crippen molar-refractivity contribution in [2.45, 2.75) is 46.5 Å². The fourth-order valence-corrected chi connectivity index (χ4v) is 3.74. The first kappa shape index (κ1) is 19.9. The Labute approximate surface area is 167 Å². The van der Waals surface area contributed by atoms with Crippen LogP contribution in [0.1, 0.15) is 54.9 Å². The van der Waals surface area contributed by atoms with Gasteiger partial charge in [0, 0.05) is 5.56 Å². The Balaban J connectivity index is 1.88. The summed E-state index contributed by atoms with van der Waals surface area (Å²) in [4.78, 5) is 12.9. The molecule has 3 aromatic carbocycles. The Morgan fingerprint density at radius 2 is 1.57 bits per heavy atom. The summed E-state index contributed by atoms with van der Waals surface area (Å²) in [5.74, 6) is 1.19. The van der Waals surface area contributed by atoms with E-state index in [9.17, 15) is 4.79 Å². The fourth-order valence-electron chi connectivity index (χ4n) is 3.74. The fraction of sp³-hybridized carbons (Fsp3) is 0.320. The Morgan fingerprint density at radius 3 is 2.25 bits per heavy atom. The molecule has 0 amide bonds. The van der Waals surface area contributed by atoms with E-state index in [1.165, 1.54) is 0 Å². The van der Waals surface area contributed by atoms with Gasteiger partial charge in [0.2, 0.25) is 0 Å². The molecule has 3 aromatic rings. The van der Waals surface area contributed by atoms with E-state index in [0.29, 0.717) is 5.75 Å². The highest BCUT2D eigenvalue weighted by Crippen LogP contribution is 2.33. The Bertz CT molecular complexity index is 1020. The van der Waals surface area contributed by atoms with Crippen LogP contribution < -0.4 is 9.47 Å². The summed E-state index contributed by atoms with van der Waals surface area (Å²) >= 11 is 0. The zero-order valence-electron chi connectivity index (χ0n) is 17.5. The number of rotatable bonds is 5. The molecule has 0 aromatic heterocycles. The highest BCUT2D eigenvalue weighted by molar-refractivity contribution is 5.87. The van der Waals surface area contributed by atoms with Crippen molar-refractivity contribution in [1.29, 1.82) is 0 Å². The van der Waals surface area contributed by atoms with Crippen LogP contribution in [0.5, 0.6) is 11.5 Å². The van der Waals surface area contributed by atoms with Crippen LogP contribution >= 0.6 is 0 Å². The van der Waals surface area contributed by atoms with Gasteiger partial charge in [-0.2, -0.15) is 0 Å². The molecule has 0 aliphatic heterocycles. The molecule has 3 nitrogen and oxygen atoms in total. The van der Waals surface area contributed by atoms with Gasteiger partial charge in [0.05, 0.1) is 13.0 Å². The van der Waals surface area contributed by atoms with Crippen molar-refractivity contribution in [3.63, 3.8) is 0 Å². The number of carbonyl (C=O) groups is 1. The summed E-state index contributed by atoms with van der Waals surface area (Å²) in [5.41, 5.74) is 4.29. The second-order valence-corrected chi connectivity index (χ2v) is 7.76. The molecule has 0 bridgehead atoms. The van der Waals surface area contributed by atoms with E-state index in [-0.39, 0.29) is 17.8 Å². The number of aryl methyl sites for hydroxylation is 2. The van der Waals surface area contributed by atoms with Crippen LogP contribution in [0.15, 0.2) is 48.5 Å². The summed E-state index contributed by atoms with van der Waals surface area (Å²) in [6, 6.07) is 16.1. The van der Waals surface area contributed by atoms with E-state index in [1.807, 2.05) is 56.3 Å². The van der Waals surface area contributed by atoms with Crippen molar-refractivity contribution in [2.24, 2.45) is 0 Å². The van der Waals surface area contributed by atoms with Gasteiger partial charge in [-0.25, -0.2) is 0 Å². The van der Waals surface area contributed by atoms with Crippen LogP contribution in [0.4, 0.5) is 0 Å². The summed E-state index contributed by atoms with van der Waals surface area (Å²) in [6.07, 6.45) is 0. The molecule has 0 fully saturated rings. The Hall–Kier alpha value is -2.81. The first-order valence-corrected chi connectivity index (χ1v) is 9.70. The molecule has 0 spiro atoms. The van der Waals surface area contributed by atoms with Gasteiger partial charge < -0.3 is 9.47 Å². The molecular formula is C25H28O3. The molecule has 3 rings (SSSR count). The molecule has 28 heavy (non-hydrogen) atoms. The monoisotopic (exact) mass is 376 g/mol. The van der Waals surface area contributed by atoms with Gasteiger partial charge >= 0.3 is 5.97 Å². The van der Waals surface area contributed by atoms with Gasteiger partial charge in [0.15, 0.2) is 0 Å². The Morgan fingerprint density at radius 1 is 0.893 bits per heavy atom. The lowest BCUT2D eigenvalue weighted by molar-refractivity contribution is -0.135. The van der Waals surface area contributed by atoms with Gasteiger partial charge in [0.1, 0.15) is 11.5 Å². The molecule has 146 valence electrons. The third kappa shape index (κ3) is 4.04. The quantitative estimate of drug-likeness (QED) is 0.387. The number of hydrogen-bond acceptors (Lipinski definition) is 3. The predicted octanol–water partition coefficient (Wildman–Crippen LogP) is 6.30. The van der Waals surface area contributed by atoms with Crippen molar-refractivity contribution in [3.8, 4) is 11.5 Å². The van der Waals surface area contributed by atoms with E-state index < -0.39 is 0 Å². The van der Waals surface area contributed by atoms with Crippen LogP contribution in [0, 0.1) is 13.8 Å². The molecule has 0 saturated carbocycles. The molecule has 0 heterocycles. The molecule has 0 radical (unpaired) electrons. The van der Waals surface area contributed by atoms with Crippen molar-refractivity contribution >= 4 is 16.7 Å². The first-order valence-electron chi connectivity index (χ1n) is 9.70. The van der Waals surface area contributed by atoms with E-state index in [1.54, 1.807) is 7.11 Å². The molecule has 0 aliphatic rings. The number of methoxy groups -OCH3 is 1. The number of benzene rings is 3. The zero-order valence-corrected chi connectivity index (χ0v) is 17.5. The third-order valence-electron chi connectivity index (χ3n) is 5.21. The average molecular weight is 376 g/mol. The topological polar surface area (TPSA) is 35.5 Å². The zero-order chi connectivity index (χ0) is 20.4. The van der Waals surface area contributed by atoms with Gasteiger partial charge in [0.25, 0.3) is 0 Å². The number of esters is 1. The SMILES string of the molecule is COc1ccc2cc(C(C)C(=O)Oc3cc(C)cc(C)c3C(C)C)ccc2c1. The van der Waals surface area contributed by atoms with Crippen molar-refractivity contribution in [2.75, 3.05) is 7.11 Å². The average Bonchev–Trinajstić information content (AvgIpc) is 2.65. The van der Waals surface area contributed by atoms with E-state index in [4.69, 9.17) is 9.47 Å². The predicted molar refractivity (Wildman–Crippen MR) is 115 cm³/mol. The minimum atomic E-state index is -0.354. The number of ether oxygens (including phenoxy) is 2. The van der Waals surface area contributed by atoms with Gasteiger partial charge in [-0.15, -0.1) is 0 Å². The van der Waals surface area contributed by atoms with Crippen molar-refractivity contribution < 1.29 is 14.3 Å². The maximum absolute atomic E-state index is 12.9. The Kier molecular flexibility index (Phi) is 5.73. The molecule has 0 aliphatic carbocycles. The van der Waals surface area contributed by atoms with Gasteiger partial charge in [-0.1, -0.05) is 44.2 Å². The van der Waals surface area contributed by atoms with E-state index in [0.717, 1.165) is 38.8 Å². The minimum Gasteiger partial charge on any atom is -0.497 e. The van der Waals surface area contributed by atoms with Crippen LogP contribution in [0.3, 0.4) is 0 Å². The lowest BCUT2D eigenvalue weighted by atomic mass is 9.94. The van der Waals surface area contributed by atoms with Gasteiger partial charge in [-0.05, 0) is 72.4 Å². The summed E-state index contributed by atoms with van der Waals surface area (Å²) in [6.45, 7) is 10.2. The number of hydrogen-bond donors (Lipinski definition) is 0. The summed E-state index contributed by atoms with van der Waals surface area (Å²) < 4.78 is 11.2. The van der Waals surface area contributed by atoms with Crippen LogP contribution in [0.25, 0.3) is 10.8 Å². The lowest BCUT2D eigenvalue weighted by Gasteiger charge is -2.19. The third-order valence-corrected chi connectivity index (χ3v) is 5.21. The summed E-state index contributed by atoms with van der Waals surface area (Å²) in [7, 11) is 1.66. The van der Waals surface area contributed by atoms with Crippen LogP contribution in [-0.2, 0) is 4.79 Å². The van der Waals surface area contributed by atoms with Crippen molar-refractivity contribution in [3.05, 3.63) is 70.8 Å². The van der Waals surface area contributed by atoms with Gasteiger partial charge in [-0.3, -0.25) is 4.79 Å². The second kappa shape index (κ2) is 8.05. The standard InChI is InChI=1S/C25H28O3/c1-15(2)24-17(4)11-16(3)12-23(24)28-25(26)18(5)19-7-8-21-14-22(27-6)10-9-20(21)13-19/h7-15,18H,1-6H3. The van der Waals surface area contributed by atoms with Crippen molar-refractivity contribution in [1.82, 2.24) is 0 Å². The molecule has 1 unspecified atom stereocenters. The van der Waals surface area contributed by atoms with Crippen LogP contribution in [0.2, 0.25) is 0 Å². The van der Waals surface area contributed by atoms with Crippen LogP contribution in [-0.4, -0.2) is 13.1 Å². The largest absolute Gasteiger partial charge is 0.497 e. The maximum atomic E-state index is 12.9. The molecule has 0 N–H and O–H groups in total. The first-order chi connectivity index (χ1) is 13.3. The van der Waals surface area contributed by atoms with E-state index in [2.05, 4.69) is 26.8 Å². The lowest BCUT2D eigenvalue weighted by Crippen LogP contribution is -2.17. The maximum Gasteiger partial charge on any atom is 0.318 e. The highest BCUT2D eigenvalue weighted by Gasteiger charge is 2.21. The molecule has 1 atom stereocenters. The molecule has 3 heteroatoms. The highest BCUT2D eigenvalue weighted by atomic mass is 16.5. The second-order valence-electron chi connectivity index (χ2n) is 7.76. The number of fused-ring (bicyclic) bond motifs is 1. The minimum absolute atomic E-state index is 0.236. The molecule has 0 saturated heterocycles. The number of carbonyl (C=O) groups excluding carboxylic acids is 1. The summed E-state index contributed by atoms with van der Waals surface area (Å²) in [5, 5.41) is 2.16. The van der Waals surface area contributed by atoms with E-state index >= 15 is 0 Å². The smallest absolute Gasteiger partial charge is 0.318 e.